The zero-order chi connectivity index (χ0) is 21.8. The van der Waals surface area contributed by atoms with Crippen molar-refractivity contribution in [2.45, 2.75) is 52.4 Å². The Labute approximate surface area is 184 Å². The third-order valence-electron chi connectivity index (χ3n) is 6.11. The van der Waals surface area contributed by atoms with Crippen molar-refractivity contribution in [2.75, 3.05) is 19.9 Å². The minimum Gasteiger partial charge on any atom is -0.454 e. The highest BCUT2D eigenvalue weighted by atomic mass is 16.7. The van der Waals surface area contributed by atoms with Gasteiger partial charge in [0.1, 0.15) is 0 Å². The SMILES string of the molecule is CCCN(CCC)C(=O)C[C@H](c1ccc2c(c1)OCO2)c1c[nH]c2c(CC)cccc12. The largest absolute Gasteiger partial charge is 0.454 e. The molecule has 3 aromatic rings. The van der Waals surface area contributed by atoms with Crippen molar-refractivity contribution in [3.63, 3.8) is 0 Å². The van der Waals surface area contributed by atoms with Gasteiger partial charge in [-0.3, -0.25) is 4.79 Å². The molecule has 0 unspecified atom stereocenters. The fourth-order valence-corrected chi connectivity index (χ4v) is 4.56. The van der Waals surface area contributed by atoms with Crippen molar-refractivity contribution in [1.82, 2.24) is 9.88 Å². The van der Waals surface area contributed by atoms with Crippen LogP contribution in [0.5, 0.6) is 11.5 Å². The van der Waals surface area contributed by atoms with E-state index in [0.29, 0.717) is 6.42 Å². The number of amides is 1. The van der Waals surface area contributed by atoms with Crippen LogP contribution < -0.4 is 9.47 Å². The molecule has 2 heterocycles. The molecule has 1 aliphatic rings. The lowest BCUT2D eigenvalue weighted by Gasteiger charge is -2.25. The van der Waals surface area contributed by atoms with Gasteiger partial charge in [-0.05, 0) is 48.1 Å². The van der Waals surface area contributed by atoms with Crippen LogP contribution in [0, 0.1) is 0 Å². The molecule has 1 N–H and O–H groups in total. The van der Waals surface area contributed by atoms with Crippen LogP contribution in [0.15, 0.2) is 42.6 Å². The van der Waals surface area contributed by atoms with Gasteiger partial charge in [0.05, 0.1) is 0 Å². The van der Waals surface area contributed by atoms with E-state index in [4.69, 9.17) is 9.47 Å². The molecule has 0 spiro atoms. The first kappa shape index (κ1) is 21.3. The first-order valence-electron chi connectivity index (χ1n) is 11.4. The molecule has 164 valence electrons. The molecule has 0 radical (unpaired) electrons. The molecule has 0 fully saturated rings. The summed E-state index contributed by atoms with van der Waals surface area (Å²) in [6.07, 6.45) is 5.41. The van der Waals surface area contributed by atoms with E-state index in [-0.39, 0.29) is 18.6 Å². The molecular formula is C26H32N2O3. The van der Waals surface area contributed by atoms with Crippen molar-refractivity contribution >= 4 is 16.8 Å². The second-order valence-corrected chi connectivity index (χ2v) is 8.19. The number of nitrogens with zero attached hydrogens (tertiary/aromatic N) is 1. The van der Waals surface area contributed by atoms with Crippen molar-refractivity contribution in [2.24, 2.45) is 0 Å². The predicted molar refractivity (Wildman–Crippen MR) is 124 cm³/mol. The first-order valence-corrected chi connectivity index (χ1v) is 11.4. The number of fused-ring (bicyclic) bond motifs is 2. The number of aryl methyl sites for hydroxylation is 1. The van der Waals surface area contributed by atoms with Crippen molar-refractivity contribution in [3.05, 3.63) is 59.3 Å². The van der Waals surface area contributed by atoms with E-state index in [1.165, 1.54) is 10.9 Å². The highest BCUT2D eigenvalue weighted by molar-refractivity contribution is 5.88. The molecule has 1 aromatic heterocycles. The number of ether oxygens (including phenoxy) is 2. The Morgan fingerprint density at radius 1 is 1.06 bits per heavy atom. The number of nitrogens with one attached hydrogen (secondary N) is 1. The van der Waals surface area contributed by atoms with E-state index >= 15 is 0 Å². The molecule has 0 saturated carbocycles. The lowest BCUT2D eigenvalue weighted by Crippen LogP contribution is -2.33. The van der Waals surface area contributed by atoms with E-state index < -0.39 is 0 Å². The highest BCUT2D eigenvalue weighted by Crippen LogP contribution is 2.40. The zero-order valence-corrected chi connectivity index (χ0v) is 18.7. The molecular weight excluding hydrogens is 388 g/mol. The zero-order valence-electron chi connectivity index (χ0n) is 18.7. The normalized spacial score (nSPS) is 13.5. The Balaban J connectivity index is 1.76. The number of benzene rings is 2. The van der Waals surface area contributed by atoms with Crippen LogP contribution in [0.4, 0.5) is 0 Å². The summed E-state index contributed by atoms with van der Waals surface area (Å²) in [5.41, 5.74) is 4.69. The highest BCUT2D eigenvalue weighted by Gasteiger charge is 2.26. The van der Waals surface area contributed by atoms with Crippen LogP contribution in [0.25, 0.3) is 10.9 Å². The number of aromatic nitrogens is 1. The molecule has 4 rings (SSSR count). The Hall–Kier alpha value is -2.95. The van der Waals surface area contributed by atoms with Crippen LogP contribution in [0.3, 0.4) is 0 Å². The summed E-state index contributed by atoms with van der Waals surface area (Å²) in [6.45, 7) is 8.26. The number of carbonyl (C=O) groups excluding carboxylic acids is 1. The molecule has 1 amide bonds. The number of carbonyl (C=O) groups is 1. The molecule has 0 saturated heterocycles. The second-order valence-electron chi connectivity index (χ2n) is 8.19. The third kappa shape index (κ3) is 4.27. The molecule has 5 heteroatoms. The summed E-state index contributed by atoms with van der Waals surface area (Å²) in [5.74, 6) is 1.66. The number of hydrogen-bond donors (Lipinski definition) is 1. The number of aromatic amines is 1. The van der Waals surface area contributed by atoms with Crippen molar-refractivity contribution in [1.29, 1.82) is 0 Å². The molecule has 0 bridgehead atoms. The van der Waals surface area contributed by atoms with Gasteiger partial charge in [0.25, 0.3) is 0 Å². The van der Waals surface area contributed by atoms with Crippen LogP contribution in [0.2, 0.25) is 0 Å². The van der Waals surface area contributed by atoms with E-state index in [1.54, 1.807) is 0 Å². The van der Waals surface area contributed by atoms with E-state index in [1.807, 2.05) is 17.0 Å². The van der Waals surface area contributed by atoms with Gasteiger partial charge in [0, 0.05) is 42.5 Å². The Morgan fingerprint density at radius 2 is 1.84 bits per heavy atom. The number of para-hydroxylation sites is 1. The summed E-state index contributed by atoms with van der Waals surface area (Å²) < 4.78 is 11.1. The van der Waals surface area contributed by atoms with Crippen LogP contribution in [-0.4, -0.2) is 35.7 Å². The van der Waals surface area contributed by atoms with Gasteiger partial charge < -0.3 is 19.4 Å². The van der Waals surface area contributed by atoms with Gasteiger partial charge in [-0.2, -0.15) is 0 Å². The molecule has 31 heavy (non-hydrogen) atoms. The average molecular weight is 421 g/mol. The molecule has 1 aliphatic heterocycles. The van der Waals surface area contributed by atoms with Gasteiger partial charge in [-0.15, -0.1) is 0 Å². The minimum absolute atomic E-state index is 0.0564. The van der Waals surface area contributed by atoms with Crippen LogP contribution >= 0.6 is 0 Å². The van der Waals surface area contributed by atoms with Gasteiger partial charge in [-0.1, -0.05) is 45.0 Å². The Morgan fingerprint density at radius 3 is 2.58 bits per heavy atom. The maximum Gasteiger partial charge on any atom is 0.231 e. The van der Waals surface area contributed by atoms with Gasteiger partial charge >= 0.3 is 0 Å². The van der Waals surface area contributed by atoms with Crippen LogP contribution in [-0.2, 0) is 11.2 Å². The quantitative estimate of drug-likeness (QED) is 0.488. The lowest BCUT2D eigenvalue weighted by molar-refractivity contribution is -0.131. The fourth-order valence-electron chi connectivity index (χ4n) is 4.56. The van der Waals surface area contributed by atoms with Gasteiger partial charge in [0.15, 0.2) is 11.5 Å². The van der Waals surface area contributed by atoms with E-state index in [9.17, 15) is 4.79 Å². The number of H-pyrrole nitrogens is 1. The minimum atomic E-state index is -0.0564. The predicted octanol–water partition coefficient (Wildman–Crippen LogP) is 5.63. The molecule has 0 aliphatic carbocycles. The summed E-state index contributed by atoms with van der Waals surface area (Å²) in [4.78, 5) is 18.8. The van der Waals surface area contributed by atoms with E-state index in [2.05, 4.69) is 56.2 Å². The third-order valence-corrected chi connectivity index (χ3v) is 6.11. The summed E-state index contributed by atoms with van der Waals surface area (Å²) in [6, 6.07) is 12.5. The summed E-state index contributed by atoms with van der Waals surface area (Å²) in [7, 11) is 0. The maximum atomic E-state index is 13.4. The maximum absolute atomic E-state index is 13.4. The smallest absolute Gasteiger partial charge is 0.231 e. The Bertz CT molecular complexity index is 1050. The molecule has 1 atom stereocenters. The topological polar surface area (TPSA) is 54.6 Å². The molecule has 5 nitrogen and oxygen atoms in total. The van der Waals surface area contributed by atoms with Gasteiger partial charge in [-0.25, -0.2) is 0 Å². The molecule has 2 aromatic carbocycles. The van der Waals surface area contributed by atoms with Gasteiger partial charge in [0.2, 0.25) is 12.7 Å². The fraction of sp³-hybridized carbons (Fsp3) is 0.423. The number of rotatable bonds is 9. The monoisotopic (exact) mass is 420 g/mol. The van der Waals surface area contributed by atoms with Crippen molar-refractivity contribution in [3.8, 4) is 11.5 Å². The first-order chi connectivity index (χ1) is 15.2. The second kappa shape index (κ2) is 9.46. The number of hydrogen-bond acceptors (Lipinski definition) is 3. The average Bonchev–Trinajstić information content (AvgIpc) is 3.43. The summed E-state index contributed by atoms with van der Waals surface area (Å²) >= 11 is 0. The van der Waals surface area contributed by atoms with Crippen molar-refractivity contribution < 1.29 is 14.3 Å². The summed E-state index contributed by atoms with van der Waals surface area (Å²) in [5, 5.41) is 1.19. The Kier molecular flexibility index (Phi) is 6.50. The van der Waals surface area contributed by atoms with Crippen LogP contribution in [0.1, 0.15) is 62.6 Å². The standard InChI is InChI=1S/C26H32N2O3/c1-4-12-28(13-5-2)25(29)15-21(19-10-11-23-24(14-19)31-17-30-23)22-16-27-26-18(6-3)8-7-9-20(22)26/h7-11,14,16,21,27H,4-6,12-13,15,17H2,1-3H3/t21-/m1/s1. The van der Waals surface area contributed by atoms with E-state index in [0.717, 1.165) is 60.5 Å². The lowest BCUT2D eigenvalue weighted by atomic mass is 9.87.